The van der Waals surface area contributed by atoms with Gasteiger partial charge in [-0.3, -0.25) is 4.79 Å². The molecule has 0 saturated carbocycles. The molecule has 0 aliphatic carbocycles. The number of methoxy groups -OCH3 is 1. The summed E-state index contributed by atoms with van der Waals surface area (Å²) in [5.74, 6) is 2.18. The Kier molecular flexibility index (Phi) is 5.86. The van der Waals surface area contributed by atoms with Crippen LogP contribution in [-0.4, -0.2) is 29.4 Å². The zero-order valence-electron chi connectivity index (χ0n) is 16.3. The monoisotopic (exact) mass is 410 g/mol. The number of carbonyl (C=O) groups excluding carboxylic acids is 1. The van der Waals surface area contributed by atoms with Crippen molar-refractivity contribution >= 4 is 17.5 Å². The van der Waals surface area contributed by atoms with E-state index in [2.05, 4.69) is 4.98 Å². The topological polar surface area (TPSA) is 55.6 Å². The molecule has 1 saturated heterocycles. The van der Waals surface area contributed by atoms with E-state index in [1.807, 2.05) is 53.4 Å². The van der Waals surface area contributed by atoms with E-state index in [0.717, 1.165) is 42.0 Å². The molecule has 4 rings (SSSR count). The summed E-state index contributed by atoms with van der Waals surface area (Å²) >= 11 is 6.25. The predicted molar refractivity (Wildman–Crippen MR) is 111 cm³/mol. The molecule has 0 radical (unpaired) electrons. The molecule has 1 aromatic heterocycles. The Morgan fingerprint density at radius 2 is 2.14 bits per heavy atom. The molecule has 3 aromatic rings. The van der Waals surface area contributed by atoms with Crippen molar-refractivity contribution in [2.24, 2.45) is 0 Å². The number of likely N-dealkylation sites (tertiary alicyclic amines) is 1. The van der Waals surface area contributed by atoms with Crippen LogP contribution >= 0.6 is 11.6 Å². The van der Waals surface area contributed by atoms with Crippen LogP contribution in [0.2, 0.25) is 5.02 Å². The van der Waals surface area contributed by atoms with E-state index < -0.39 is 0 Å². The SMILES string of the molecule is COc1cccc(CC(=O)N2CCC[C@H]2c2ncc(Cc3ccccc3Cl)o2)c1. The summed E-state index contributed by atoms with van der Waals surface area (Å²) in [5.41, 5.74) is 1.93. The van der Waals surface area contributed by atoms with Crippen molar-refractivity contribution < 1.29 is 13.9 Å². The third-order valence-electron chi connectivity index (χ3n) is 5.24. The maximum absolute atomic E-state index is 12.9. The molecule has 0 spiro atoms. The van der Waals surface area contributed by atoms with Crippen LogP contribution in [0.25, 0.3) is 0 Å². The van der Waals surface area contributed by atoms with Gasteiger partial charge in [0, 0.05) is 18.0 Å². The highest BCUT2D eigenvalue weighted by atomic mass is 35.5. The summed E-state index contributed by atoms with van der Waals surface area (Å²) in [4.78, 5) is 19.3. The Labute approximate surface area is 175 Å². The lowest BCUT2D eigenvalue weighted by atomic mass is 10.1. The van der Waals surface area contributed by atoms with Gasteiger partial charge in [-0.25, -0.2) is 4.98 Å². The molecule has 0 N–H and O–H groups in total. The first-order chi connectivity index (χ1) is 14.1. The minimum atomic E-state index is -0.117. The van der Waals surface area contributed by atoms with Crippen LogP contribution in [-0.2, 0) is 17.6 Å². The van der Waals surface area contributed by atoms with Gasteiger partial charge in [-0.2, -0.15) is 0 Å². The second-order valence-corrected chi connectivity index (χ2v) is 7.61. The number of hydrogen-bond acceptors (Lipinski definition) is 4. The number of amides is 1. The average molecular weight is 411 g/mol. The van der Waals surface area contributed by atoms with Crippen molar-refractivity contribution in [3.05, 3.63) is 82.5 Å². The Bertz CT molecular complexity index is 1000. The molecule has 5 nitrogen and oxygen atoms in total. The number of benzene rings is 2. The van der Waals surface area contributed by atoms with Crippen LogP contribution in [0, 0.1) is 0 Å². The molecule has 150 valence electrons. The third-order valence-corrected chi connectivity index (χ3v) is 5.61. The summed E-state index contributed by atoms with van der Waals surface area (Å²) in [5, 5.41) is 0.710. The molecular formula is C23H23ClN2O3. The normalized spacial score (nSPS) is 16.2. The van der Waals surface area contributed by atoms with Gasteiger partial charge in [0.2, 0.25) is 11.8 Å². The standard InChI is InChI=1S/C23H23ClN2O3/c1-28-18-8-4-6-16(12-18)13-22(27)26-11-5-10-21(26)23-25-15-19(29-23)14-17-7-2-3-9-20(17)24/h2-4,6-9,12,15,21H,5,10-11,13-14H2,1H3/t21-/m0/s1. The molecular weight excluding hydrogens is 388 g/mol. The van der Waals surface area contributed by atoms with Gasteiger partial charge in [0.15, 0.2) is 0 Å². The minimum Gasteiger partial charge on any atom is -0.497 e. The maximum atomic E-state index is 12.9. The number of halogens is 1. The van der Waals surface area contributed by atoms with Crippen LogP contribution in [0.4, 0.5) is 0 Å². The Morgan fingerprint density at radius 1 is 1.28 bits per heavy atom. The van der Waals surface area contributed by atoms with Crippen molar-refractivity contribution in [2.45, 2.75) is 31.7 Å². The Morgan fingerprint density at radius 3 is 2.97 bits per heavy atom. The summed E-state index contributed by atoms with van der Waals surface area (Å²) in [7, 11) is 1.63. The van der Waals surface area contributed by atoms with E-state index in [4.69, 9.17) is 20.8 Å². The van der Waals surface area contributed by atoms with E-state index >= 15 is 0 Å². The van der Waals surface area contributed by atoms with Crippen molar-refractivity contribution in [3.8, 4) is 5.75 Å². The van der Waals surface area contributed by atoms with Gasteiger partial charge in [0.05, 0.1) is 19.7 Å². The van der Waals surface area contributed by atoms with Crippen LogP contribution in [0.5, 0.6) is 5.75 Å². The Hall–Kier alpha value is -2.79. The highest BCUT2D eigenvalue weighted by Crippen LogP contribution is 2.33. The van der Waals surface area contributed by atoms with Crippen molar-refractivity contribution in [1.82, 2.24) is 9.88 Å². The zero-order valence-corrected chi connectivity index (χ0v) is 17.1. The lowest BCUT2D eigenvalue weighted by Crippen LogP contribution is -2.32. The van der Waals surface area contributed by atoms with Crippen molar-refractivity contribution in [2.75, 3.05) is 13.7 Å². The molecule has 1 aliphatic rings. The fraction of sp³-hybridized carbons (Fsp3) is 0.304. The van der Waals surface area contributed by atoms with Gasteiger partial charge in [-0.15, -0.1) is 0 Å². The highest BCUT2D eigenvalue weighted by molar-refractivity contribution is 6.31. The Balaban J connectivity index is 1.46. The molecule has 2 heterocycles. The second-order valence-electron chi connectivity index (χ2n) is 7.21. The summed E-state index contributed by atoms with van der Waals surface area (Å²) in [6.45, 7) is 0.718. The van der Waals surface area contributed by atoms with Gasteiger partial charge in [-0.05, 0) is 42.2 Å². The first-order valence-electron chi connectivity index (χ1n) is 9.74. The number of carbonyl (C=O) groups is 1. The van der Waals surface area contributed by atoms with E-state index in [1.54, 1.807) is 13.3 Å². The first kappa shape index (κ1) is 19.5. The molecule has 6 heteroatoms. The lowest BCUT2D eigenvalue weighted by Gasteiger charge is -2.22. The van der Waals surface area contributed by atoms with Crippen molar-refractivity contribution in [1.29, 1.82) is 0 Å². The minimum absolute atomic E-state index is 0.0756. The number of oxazole rings is 1. The van der Waals surface area contributed by atoms with Gasteiger partial charge in [0.25, 0.3) is 0 Å². The van der Waals surface area contributed by atoms with Gasteiger partial charge >= 0.3 is 0 Å². The van der Waals surface area contributed by atoms with Crippen LogP contribution in [0.3, 0.4) is 0 Å². The molecule has 29 heavy (non-hydrogen) atoms. The number of rotatable bonds is 6. The summed E-state index contributed by atoms with van der Waals surface area (Å²) < 4.78 is 11.3. The van der Waals surface area contributed by atoms with Crippen LogP contribution in [0.1, 0.15) is 41.7 Å². The van der Waals surface area contributed by atoms with E-state index in [-0.39, 0.29) is 11.9 Å². The fourth-order valence-corrected chi connectivity index (χ4v) is 3.97. The molecule has 0 bridgehead atoms. The van der Waals surface area contributed by atoms with Crippen LogP contribution in [0.15, 0.2) is 59.1 Å². The van der Waals surface area contributed by atoms with E-state index in [9.17, 15) is 4.79 Å². The van der Waals surface area contributed by atoms with Gasteiger partial charge in [0.1, 0.15) is 17.6 Å². The van der Waals surface area contributed by atoms with Crippen LogP contribution < -0.4 is 4.74 Å². The smallest absolute Gasteiger partial charge is 0.227 e. The molecule has 1 fully saturated rings. The molecule has 2 aromatic carbocycles. The molecule has 1 aliphatic heterocycles. The maximum Gasteiger partial charge on any atom is 0.227 e. The lowest BCUT2D eigenvalue weighted by molar-refractivity contribution is -0.131. The molecule has 1 amide bonds. The third kappa shape index (κ3) is 4.46. The van der Waals surface area contributed by atoms with Crippen molar-refractivity contribution in [3.63, 3.8) is 0 Å². The number of aromatic nitrogens is 1. The van der Waals surface area contributed by atoms with E-state index in [1.165, 1.54) is 0 Å². The summed E-state index contributed by atoms with van der Waals surface area (Å²) in [6, 6.07) is 15.2. The largest absolute Gasteiger partial charge is 0.497 e. The predicted octanol–water partition coefficient (Wildman–Crippen LogP) is 4.83. The van der Waals surface area contributed by atoms with E-state index in [0.29, 0.717) is 23.8 Å². The quantitative estimate of drug-likeness (QED) is 0.583. The number of ether oxygens (including phenoxy) is 1. The van der Waals surface area contributed by atoms with Gasteiger partial charge in [-0.1, -0.05) is 41.9 Å². The molecule has 1 atom stereocenters. The van der Waals surface area contributed by atoms with Gasteiger partial charge < -0.3 is 14.1 Å². The zero-order chi connectivity index (χ0) is 20.2. The first-order valence-corrected chi connectivity index (χ1v) is 10.1. The number of nitrogens with zero attached hydrogens (tertiary/aromatic N) is 2. The second kappa shape index (κ2) is 8.70. The average Bonchev–Trinajstić information content (AvgIpc) is 3.39. The molecule has 0 unspecified atom stereocenters. The summed E-state index contributed by atoms with van der Waals surface area (Å²) in [6.07, 6.45) is 4.45. The highest BCUT2D eigenvalue weighted by Gasteiger charge is 2.33. The number of hydrogen-bond donors (Lipinski definition) is 0. The fourth-order valence-electron chi connectivity index (χ4n) is 3.77.